The maximum Gasteiger partial charge on any atom is 0.265 e. The molecule has 0 bridgehead atoms. The van der Waals surface area contributed by atoms with E-state index < -0.39 is 11.9 Å². The molecule has 0 fully saturated rings. The summed E-state index contributed by atoms with van der Waals surface area (Å²) in [6.45, 7) is 3.79. The summed E-state index contributed by atoms with van der Waals surface area (Å²) >= 11 is 0. The van der Waals surface area contributed by atoms with E-state index in [2.05, 4.69) is 10.3 Å². The zero-order valence-corrected chi connectivity index (χ0v) is 14.1. The Kier molecular flexibility index (Phi) is 4.93. The SMILES string of the molecule is CC[C@H](Oc1ccccc1F)C(=O)Nc1ccc(C)c2ncccc12. The summed E-state index contributed by atoms with van der Waals surface area (Å²) in [6.07, 6.45) is 1.35. The Morgan fingerprint density at radius 1 is 1.20 bits per heavy atom. The van der Waals surface area contributed by atoms with Crippen molar-refractivity contribution in [1.82, 2.24) is 4.98 Å². The highest BCUT2D eigenvalue weighted by Gasteiger charge is 2.20. The molecule has 2 aromatic carbocycles. The van der Waals surface area contributed by atoms with Crippen LogP contribution in [0.3, 0.4) is 0 Å². The number of aromatic nitrogens is 1. The maximum atomic E-state index is 13.8. The van der Waals surface area contributed by atoms with Crippen LogP contribution in [0, 0.1) is 12.7 Å². The number of amides is 1. The number of halogens is 1. The average molecular weight is 338 g/mol. The van der Waals surface area contributed by atoms with Crippen LogP contribution in [0.4, 0.5) is 10.1 Å². The molecule has 0 aliphatic carbocycles. The van der Waals surface area contributed by atoms with Crippen LogP contribution in [0.15, 0.2) is 54.7 Å². The topological polar surface area (TPSA) is 51.2 Å². The van der Waals surface area contributed by atoms with Crippen LogP contribution in [0.1, 0.15) is 18.9 Å². The van der Waals surface area contributed by atoms with Gasteiger partial charge in [-0.2, -0.15) is 0 Å². The summed E-state index contributed by atoms with van der Waals surface area (Å²) in [4.78, 5) is 17.0. The molecule has 0 aliphatic heterocycles. The van der Waals surface area contributed by atoms with Crippen LogP contribution in [-0.2, 0) is 4.79 Å². The molecular formula is C20H19FN2O2. The Balaban J connectivity index is 1.83. The average Bonchev–Trinajstić information content (AvgIpc) is 2.63. The molecule has 0 spiro atoms. The van der Waals surface area contributed by atoms with Gasteiger partial charge in [0.1, 0.15) is 0 Å². The molecule has 128 valence electrons. The van der Waals surface area contributed by atoms with Crippen LogP contribution in [0.5, 0.6) is 5.75 Å². The molecule has 1 N–H and O–H groups in total. The lowest BCUT2D eigenvalue weighted by atomic mass is 10.1. The number of nitrogens with one attached hydrogen (secondary N) is 1. The van der Waals surface area contributed by atoms with E-state index in [1.807, 2.05) is 38.1 Å². The fourth-order valence-electron chi connectivity index (χ4n) is 2.65. The molecule has 0 aliphatic rings. The molecule has 4 nitrogen and oxygen atoms in total. The van der Waals surface area contributed by atoms with Crippen molar-refractivity contribution in [3.05, 3.63) is 66.1 Å². The van der Waals surface area contributed by atoms with E-state index in [4.69, 9.17) is 4.74 Å². The van der Waals surface area contributed by atoms with Gasteiger partial charge < -0.3 is 10.1 Å². The van der Waals surface area contributed by atoms with Gasteiger partial charge in [0.25, 0.3) is 5.91 Å². The number of hydrogen-bond donors (Lipinski definition) is 1. The molecule has 1 amide bonds. The number of para-hydroxylation sites is 1. The van der Waals surface area contributed by atoms with E-state index in [1.165, 1.54) is 12.1 Å². The molecule has 0 unspecified atom stereocenters. The minimum atomic E-state index is -0.787. The first kappa shape index (κ1) is 16.9. The first-order chi connectivity index (χ1) is 12.1. The highest BCUT2D eigenvalue weighted by Crippen LogP contribution is 2.25. The summed E-state index contributed by atoms with van der Waals surface area (Å²) in [5.74, 6) is -0.738. The van der Waals surface area contributed by atoms with E-state index in [-0.39, 0.29) is 11.7 Å². The molecule has 3 rings (SSSR count). The van der Waals surface area contributed by atoms with E-state index in [0.29, 0.717) is 12.1 Å². The van der Waals surface area contributed by atoms with E-state index in [0.717, 1.165) is 16.5 Å². The summed E-state index contributed by atoms with van der Waals surface area (Å²) in [6, 6.07) is 13.5. The smallest absolute Gasteiger partial charge is 0.265 e. The summed E-state index contributed by atoms with van der Waals surface area (Å²) in [5.41, 5.74) is 2.53. The number of carbonyl (C=O) groups is 1. The van der Waals surface area contributed by atoms with Crippen molar-refractivity contribution in [3.63, 3.8) is 0 Å². The molecule has 25 heavy (non-hydrogen) atoms. The van der Waals surface area contributed by atoms with E-state index >= 15 is 0 Å². The quantitative estimate of drug-likeness (QED) is 0.746. The van der Waals surface area contributed by atoms with Crippen molar-refractivity contribution in [2.75, 3.05) is 5.32 Å². The second kappa shape index (κ2) is 7.30. The lowest BCUT2D eigenvalue weighted by molar-refractivity contribution is -0.122. The van der Waals surface area contributed by atoms with Gasteiger partial charge in [-0.25, -0.2) is 4.39 Å². The van der Waals surface area contributed by atoms with Gasteiger partial charge in [-0.1, -0.05) is 25.1 Å². The normalized spacial score (nSPS) is 12.0. The fraction of sp³-hybridized carbons (Fsp3) is 0.200. The van der Waals surface area contributed by atoms with Crippen molar-refractivity contribution in [2.45, 2.75) is 26.4 Å². The van der Waals surface area contributed by atoms with Crippen LogP contribution in [0.2, 0.25) is 0 Å². The molecular weight excluding hydrogens is 319 g/mol. The van der Waals surface area contributed by atoms with Crippen LogP contribution >= 0.6 is 0 Å². The van der Waals surface area contributed by atoms with Gasteiger partial charge in [-0.05, 0) is 49.2 Å². The number of fused-ring (bicyclic) bond motifs is 1. The standard InChI is InChI=1S/C20H19FN2O2/c1-3-17(25-18-9-5-4-8-15(18)21)20(24)23-16-11-10-13(2)19-14(16)7-6-12-22-19/h4-12,17H,3H2,1-2H3,(H,23,24)/t17-/m0/s1. The largest absolute Gasteiger partial charge is 0.478 e. The lowest BCUT2D eigenvalue weighted by Crippen LogP contribution is -2.32. The van der Waals surface area contributed by atoms with E-state index in [1.54, 1.807) is 18.3 Å². The second-order valence-corrected chi connectivity index (χ2v) is 5.76. The molecule has 0 radical (unpaired) electrons. The fourth-order valence-corrected chi connectivity index (χ4v) is 2.65. The van der Waals surface area contributed by atoms with Gasteiger partial charge in [0.05, 0.1) is 11.2 Å². The highest BCUT2D eigenvalue weighted by molar-refractivity contribution is 6.03. The van der Waals surface area contributed by atoms with Crippen LogP contribution in [-0.4, -0.2) is 17.0 Å². The third-order valence-electron chi connectivity index (χ3n) is 4.00. The van der Waals surface area contributed by atoms with E-state index in [9.17, 15) is 9.18 Å². The first-order valence-electron chi connectivity index (χ1n) is 8.16. The third kappa shape index (κ3) is 3.60. The molecule has 5 heteroatoms. The molecule has 1 heterocycles. The van der Waals surface area contributed by atoms with Crippen LogP contribution in [0.25, 0.3) is 10.9 Å². The monoisotopic (exact) mass is 338 g/mol. The van der Waals surface area contributed by atoms with Crippen molar-refractivity contribution < 1.29 is 13.9 Å². The van der Waals surface area contributed by atoms with Crippen molar-refractivity contribution in [1.29, 1.82) is 0 Å². The highest BCUT2D eigenvalue weighted by atomic mass is 19.1. The second-order valence-electron chi connectivity index (χ2n) is 5.76. The number of nitrogens with zero attached hydrogens (tertiary/aromatic N) is 1. The Hall–Kier alpha value is -2.95. The number of anilines is 1. The number of hydrogen-bond acceptors (Lipinski definition) is 3. The lowest BCUT2D eigenvalue weighted by Gasteiger charge is -2.18. The number of ether oxygens (including phenoxy) is 1. The van der Waals surface area contributed by atoms with Gasteiger partial charge in [0.15, 0.2) is 17.7 Å². The zero-order chi connectivity index (χ0) is 17.8. The Morgan fingerprint density at radius 3 is 2.76 bits per heavy atom. The third-order valence-corrected chi connectivity index (χ3v) is 4.00. The number of carbonyl (C=O) groups excluding carboxylic acids is 1. The number of rotatable bonds is 5. The van der Waals surface area contributed by atoms with Crippen molar-refractivity contribution in [3.8, 4) is 5.75 Å². The summed E-state index contributed by atoms with van der Waals surface area (Å²) < 4.78 is 19.3. The van der Waals surface area contributed by atoms with Crippen molar-refractivity contribution in [2.24, 2.45) is 0 Å². The minimum absolute atomic E-state index is 0.0694. The molecule has 0 saturated carbocycles. The Bertz CT molecular complexity index is 911. The van der Waals surface area contributed by atoms with Gasteiger partial charge in [-0.3, -0.25) is 9.78 Å². The maximum absolute atomic E-state index is 13.8. The Labute approximate surface area is 145 Å². The number of aryl methyl sites for hydroxylation is 1. The zero-order valence-electron chi connectivity index (χ0n) is 14.1. The molecule has 3 aromatic rings. The Morgan fingerprint density at radius 2 is 2.00 bits per heavy atom. The number of benzene rings is 2. The number of pyridine rings is 1. The summed E-state index contributed by atoms with van der Waals surface area (Å²) in [7, 11) is 0. The first-order valence-corrected chi connectivity index (χ1v) is 8.16. The van der Waals surface area contributed by atoms with Gasteiger partial charge >= 0.3 is 0 Å². The van der Waals surface area contributed by atoms with Gasteiger partial charge in [0.2, 0.25) is 0 Å². The molecule has 1 aromatic heterocycles. The van der Waals surface area contributed by atoms with Crippen molar-refractivity contribution >= 4 is 22.5 Å². The summed E-state index contributed by atoms with van der Waals surface area (Å²) in [5, 5.41) is 3.73. The predicted molar refractivity (Wildman–Crippen MR) is 96.2 cm³/mol. The molecule has 1 atom stereocenters. The van der Waals surface area contributed by atoms with Gasteiger partial charge in [-0.15, -0.1) is 0 Å². The van der Waals surface area contributed by atoms with Gasteiger partial charge in [0, 0.05) is 11.6 Å². The minimum Gasteiger partial charge on any atom is -0.478 e. The molecule has 0 saturated heterocycles. The predicted octanol–water partition coefficient (Wildman–Crippen LogP) is 4.48. The van der Waals surface area contributed by atoms with Crippen LogP contribution < -0.4 is 10.1 Å².